The minimum Gasteiger partial charge on any atom is -0.330 e. The fraction of sp³-hybridized carbons (Fsp3) is 0.250. The van der Waals surface area contributed by atoms with Gasteiger partial charge < -0.3 is 5.73 Å². The summed E-state index contributed by atoms with van der Waals surface area (Å²) in [5.74, 6) is 0.723. The van der Waals surface area contributed by atoms with Crippen LogP contribution in [0.1, 0.15) is 6.42 Å². The summed E-state index contributed by atoms with van der Waals surface area (Å²) in [5, 5.41) is 11.8. The van der Waals surface area contributed by atoms with Crippen molar-refractivity contribution in [3.8, 4) is 11.4 Å². The largest absolute Gasteiger partial charge is 0.330 e. The summed E-state index contributed by atoms with van der Waals surface area (Å²) in [6.45, 7) is 1.32. The molecule has 96 valence electrons. The normalized spacial score (nSPS) is 11.0. The summed E-state index contributed by atoms with van der Waals surface area (Å²) in [5.41, 5.74) is 8.12. The first kappa shape index (κ1) is 11.7. The molecular weight excluding hydrogens is 242 g/mol. The highest BCUT2D eigenvalue weighted by atomic mass is 15.5. The Labute approximate surface area is 109 Å². The summed E-state index contributed by atoms with van der Waals surface area (Å²) >= 11 is 0. The molecule has 2 N–H and O–H groups in total. The van der Waals surface area contributed by atoms with Crippen molar-refractivity contribution in [3.63, 3.8) is 0 Å². The molecule has 0 aliphatic rings. The van der Waals surface area contributed by atoms with Crippen molar-refractivity contribution in [2.24, 2.45) is 5.73 Å². The standard InChI is InChI=1S/C12H13N7/c13-4-1-7-19-12(16-17-18-19)9-2-3-10-11(8-9)15-6-5-14-10/h2-3,5-6,8H,1,4,7,13H2. The topological polar surface area (TPSA) is 95.4 Å². The zero-order valence-corrected chi connectivity index (χ0v) is 10.3. The first-order chi connectivity index (χ1) is 9.38. The molecule has 0 spiro atoms. The maximum Gasteiger partial charge on any atom is 0.182 e. The van der Waals surface area contributed by atoms with E-state index in [4.69, 9.17) is 5.73 Å². The second-order valence-electron chi connectivity index (χ2n) is 4.13. The van der Waals surface area contributed by atoms with E-state index in [1.807, 2.05) is 18.2 Å². The lowest BCUT2D eigenvalue weighted by atomic mass is 10.2. The fourth-order valence-electron chi connectivity index (χ4n) is 1.91. The Bertz CT molecular complexity index is 691. The number of hydrogen-bond donors (Lipinski definition) is 1. The molecule has 7 nitrogen and oxygen atoms in total. The molecule has 2 aromatic heterocycles. The van der Waals surface area contributed by atoms with Crippen LogP contribution in [0.4, 0.5) is 0 Å². The van der Waals surface area contributed by atoms with Crippen LogP contribution in [-0.4, -0.2) is 36.7 Å². The highest BCUT2D eigenvalue weighted by Crippen LogP contribution is 2.19. The maximum atomic E-state index is 5.51. The number of rotatable bonds is 4. The Kier molecular flexibility index (Phi) is 3.11. The van der Waals surface area contributed by atoms with E-state index in [9.17, 15) is 0 Å². The van der Waals surface area contributed by atoms with Crippen molar-refractivity contribution in [2.45, 2.75) is 13.0 Å². The monoisotopic (exact) mass is 255 g/mol. The second-order valence-corrected chi connectivity index (χ2v) is 4.13. The second kappa shape index (κ2) is 5.07. The Morgan fingerprint density at radius 1 is 1.11 bits per heavy atom. The fourth-order valence-corrected chi connectivity index (χ4v) is 1.91. The number of nitrogens with two attached hydrogens (primary N) is 1. The Morgan fingerprint density at radius 3 is 2.79 bits per heavy atom. The molecule has 0 radical (unpaired) electrons. The highest BCUT2D eigenvalue weighted by molar-refractivity contribution is 5.79. The van der Waals surface area contributed by atoms with Crippen LogP contribution in [0.15, 0.2) is 30.6 Å². The van der Waals surface area contributed by atoms with Crippen molar-refractivity contribution in [2.75, 3.05) is 6.54 Å². The number of aryl methyl sites for hydroxylation is 1. The first-order valence-corrected chi connectivity index (χ1v) is 6.06. The first-order valence-electron chi connectivity index (χ1n) is 6.06. The van der Waals surface area contributed by atoms with E-state index in [1.54, 1.807) is 17.1 Å². The third-order valence-electron chi connectivity index (χ3n) is 2.83. The van der Waals surface area contributed by atoms with Gasteiger partial charge in [-0.1, -0.05) is 0 Å². The van der Waals surface area contributed by atoms with E-state index in [2.05, 4.69) is 25.5 Å². The number of hydrogen-bond acceptors (Lipinski definition) is 6. The maximum absolute atomic E-state index is 5.51. The lowest BCUT2D eigenvalue weighted by molar-refractivity contribution is 0.568. The van der Waals surface area contributed by atoms with E-state index < -0.39 is 0 Å². The Hall–Kier alpha value is -2.41. The average Bonchev–Trinajstić information content (AvgIpc) is 2.93. The quantitative estimate of drug-likeness (QED) is 0.734. The zero-order chi connectivity index (χ0) is 13.1. The van der Waals surface area contributed by atoms with Gasteiger partial charge in [0.05, 0.1) is 11.0 Å². The molecule has 2 heterocycles. The predicted molar refractivity (Wildman–Crippen MR) is 70.0 cm³/mol. The molecule has 0 amide bonds. The van der Waals surface area contributed by atoms with Gasteiger partial charge in [0.25, 0.3) is 0 Å². The molecule has 0 aliphatic heterocycles. The predicted octanol–water partition coefficient (Wildman–Crippen LogP) is 0.632. The van der Waals surface area contributed by atoms with Crippen LogP contribution in [-0.2, 0) is 6.54 Å². The van der Waals surface area contributed by atoms with Crippen molar-refractivity contribution in [1.29, 1.82) is 0 Å². The van der Waals surface area contributed by atoms with Gasteiger partial charge in [-0.15, -0.1) is 5.10 Å². The number of tetrazole rings is 1. The van der Waals surface area contributed by atoms with Gasteiger partial charge in [-0.2, -0.15) is 0 Å². The van der Waals surface area contributed by atoms with Gasteiger partial charge in [0.1, 0.15) is 0 Å². The molecule has 0 unspecified atom stereocenters. The van der Waals surface area contributed by atoms with Crippen LogP contribution in [0.2, 0.25) is 0 Å². The van der Waals surface area contributed by atoms with E-state index in [-0.39, 0.29) is 0 Å². The van der Waals surface area contributed by atoms with E-state index in [0.717, 1.165) is 28.8 Å². The summed E-state index contributed by atoms with van der Waals surface area (Å²) < 4.78 is 1.75. The van der Waals surface area contributed by atoms with Crippen LogP contribution < -0.4 is 5.73 Å². The minimum atomic E-state index is 0.614. The van der Waals surface area contributed by atoms with E-state index in [1.165, 1.54) is 0 Å². The third-order valence-corrected chi connectivity index (χ3v) is 2.83. The number of aromatic nitrogens is 6. The molecule has 3 rings (SSSR count). The molecule has 1 aromatic carbocycles. The van der Waals surface area contributed by atoms with E-state index >= 15 is 0 Å². The molecule has 3 aromatic rings. The average molecular weight is 255 g/mol. The third kappa shape index (κ3) is 2.27. The van der Waals surface area contributed by atoms with Gasteiger partial charge in [-0.05, 0) is 41.6 Å². The lowest BCUT2D eigenvalue weighted by Gasteiger charge is -2.04. The smallest absolute Gasteiger partial charge is 0.182 e. The SMILES string of the molecule is NCCCn1nnnc1-c1ccc2nccnc2c1. The molecule has 0 atom stereocenters. The van der Waals surface area contributed by atoms with Crippen LogP contribution in [0, 0.1) is 0 Å². The summed E-state index contributed by atoms with van der Waals surface area (Å²) in [6, 6.07) is 5.80. The zero-order valence-electron chi connectivity index (χ0n) is 10.3. The Balaban J connectivity index is 2.01. The van der Waals surface area contributed by atoms with Crippen LogP contribution in [0.3, 0.4) is 0 Å². The molecule has 0 saturated heterocycles. The Morgan fingerprint density at radius 2 is 1.95 bits per heavy atom. The lowest BCUT2D eigenvalue weighted by Crippen LogP contribution is -2.08. The molecule has 0 bridgehead atoms. The van der Waals surface area contributed by atoms with Crippen LogP contribution >= 0.6 is 0 Å². The summed E-state index contributed by atoms with van der Waals surface area (Å²) in [6.07, 6.45) is 4.18. The molecule has 7 heteroatoms. The highest BCUT2D eigenvalue weighted by Gasteiger charge is 2.09. The van der Waals surface area contributed by atoms with Crippen LogP contribution in [0.25, 0.3) is 22.4 Å². The number of fused-ring (bicyclic) bond motifs is 1. The van der Waals surface area contributed by atoms with Gasteiger partial charge in [-0.3, -0.25) is 9.97 Å². The molecule has 0 fully saturated rings. The molecular formula is C12H13N7. The van der Waals surface area contributed by atoms with Crippen LogP contribution in [0.5, 0.6) is 0 Å². The van der Waals surface area contributed by atoms with Gasteiger partial charge >= 0.3 is 0 Å². The van der Waals surface area contributed by atoms with Crippen molar-refractivity contribution in [3.05, 3.63) is 30.6 Å². The van der Waals surface area contributed by atoms with Gasteiger partial charge in [0, 0.05) is 24.5 Å². The minimum absolute atomic E-state index is 0.614. The van der Waals surface area contributed by atoms with Crippen molar-refractivity contribution >= 4 is 11.0 Å². The molecule has 0 saturated carbocycles. The van der Waals surface area contributed by atoms with Gasteiger partial charge in [-0.25, -0.2) is 4.68 Å². The van der Waals surface area contributed by atoms with Crippen molar-refractivity contribution in [1.82, 2.24) is 30.2 Å². The van der Waals surface area contributed by atoms with Gasteiger partial charge in [0.2, 0.25) is 0 Å². The summed E-state index contributed by atoms with van der Waals surface area (Å²) in [7, 11) is 0. The van der Waals surface area contributed by atoms with E-state index in [0.29, 0.717) is 13.1 Å². The number of nitrogens with zero attached hydrogens (tertiary/aromatic N) is 6. The number of benzene rings is 1. The van der Waals surface area contributed by atoms with Gasteiger partial charge in [0.15, 0.2) is 5.82 Å². The molecule has 0 aliphatic carbocycles. The van der Waals surface area contributed by atoms with Crippen molar-refractivity contribution < 1.29 is 0 Å². The molecule has 19 heavy (non-hydrogen) atoms. The summed E-state index contributed by atoms with van der Waals surface area (Å²) in [4.78, 5) is 8.52.